The van der Waals surface area contributed by atoms with Crippen LogP contribution in [0.5, 0.6) is 0 Å². The van der Waals surface area contributed by atoms with Gasteiger partial charge in [-0.25, -0.2) is 0 Å². The van der Waals surface area contributed by atoms with Gasteiger partial charge in [0.1, 0.15) is 0 Å². The molecule has 5 heteroatoms. The van der Waals surface area contributed by atoms with Crippen molar-refractivity contribution in [3.05, 3.63) is 22.5 Å². The van der Waals surface area contributed by atoms with Gasteiger partial charge in [0, 0.05) is 11.3 Å². The molecule has 21 heavy (non-hydrogen) atoms. The highest BCUT2D eigenvalue weighted by Crippen LogP contribution is 2.20. The van der Waals surface area contributed by atoms with Crippen molar-refractivity contribution in [2.24, 2.45) is 5.41 Å². The average molecular weight is 293 g/mol. The van der Waals surface area contributed by atoms with Crippen molar-refractivity contribution in [3.63, 3.8) is 0 Å². The highest BCUT2D eigenvalue weighted by atomic mass is 16.5. The standard InChI is InChI=1S/C16H23NO4/c1-9-14(11(3)18)10(2)17-15(9)12(19)8-21-13(20)7-16(4,5)6/h17H,7-8H2,1-6H3. The smallest absolute Gasteiger partial charge is 0.306 e. The van der Waals surface area contributed by atoms with E-state index in [1.54, 1.807) is 13.8 Å². The van der Waals surface area contributed by atoms with Crippen LogP contribution in [0, 0.1) is 19.3 Å². The van der Waals surface area contributed by atoms with Gasteiger partial charge in [0.05, 0.1) is 12.1 Å². The zero-order valence-corrected chi connectivity index (χ0v) is 13.5. The van der Waals surface area contributed by atoms with E-state index in [-0.39, 0.29) is 30.0 Å². The Hall–Kier alpha value is -1.91. The van der Waals surface area contributed by atoms with Gasteiger partial charge in [-0.2, -0.15) is 0 Å². The van der Waals surface area contributed by atoms with Crippen molar-refractivity contribution in [3.8, 4) is 0 Å². The van der Waals surface area contributed by atoms with Crippen molar-refractivity contribution in [1.82, 2.24) is 4.98 Å². The van der Waals surface area contributed by atoms with Gasteiger partial charge in [0.15, 0.2) is 12.4 Å². The summed E-state index contributed by atoms with van der Waals surface area (Å²) in [6.07, 6.45) is 0.252. The Bertz CT molecular complexity index is 576. The number of carbonyl (C=O) groups excluding carboxylic acids is 3. The molecule has 1 heterocycles. The molecule has 0 amide bonds. The molecule has 0 aromatic carbocycles. The van der Waals surface area contributed by atoms with Crippen molar-refractivity contribution in [2.75, 3.05) is 6.61 Å². The lowest BCUT2D eigenvalue weighted by Gasteiger charge is -2.16. The van der Waals surface area contributed by atoms with E-state index in [4.69, 9.17) is 4.74 Å². The van der Waals surface area contributed by atoms with Gasteiger partial charge in [0.2, 0.25) is 5.78 Å². The molecule has 0 saturated carbocycles. The molecule has 116 valence electrons. The predicted octanol–water partition coefficient (Wildman–Crippen LogP) is 3.00. The molecule has 0 saturated heterocycles. The molecule has 0 aliphatic rings. The summed E-state index contributed by atoms with van der Waals surface area (Å²) in [6.45, 7) is 10.4. The third-order valence-electron chi connectivity index (χ3n) is 3.11. The van der Waals surface area contributed by atoms with Crippen LogP contribution in [0.1, 0.15) is 66.2 Å². The third-order valence-corrected chi connectivity index (χ3v) is 3.11. The first-order valence-electron chi connectivity index (χ1n) is 6.92. The first-order chi connectivity index (χ1) is 9.53. The van der Waals surface area contributed by atoms with Gasteiger partial charge in [-0.1, -0.05) is 20.8 Å². The van der Waals surface area contributed by atoms with Crippen molar-refractivity contribution >= 4 is 17.5 Å². The number of aromatic nitrogens is 1. The van der Waals surface area contributed by atoms with Gasteiger partial charge in [-0.3, -0.25) is 14.4 Å². The number of esters is 1. The molecule has 0 radical (unpaired) electrons. The van der Waals surface area contributed by atoms with E-state index < -0.39 is 5.97 Å². The molecule has 1 aromatic rings. The van der Waals surface area contributed by atoms with Crippen LogP contribution in [0.25, 0.3) is 0 Å². The lowest BCUT2D eigenvalue weighted by Crippen LogP contribution is -2.19. The molecule has 0 atom stereocenters. The zero-order valence-electron chi connectivity index (χ0n) is 13.5. The number of H-pyrrole nitrogens is 1. The molecule has 1 N–H and O–H groups in total. The Morgan fingerprint density at radius 3 is 2.14 bits per heavy atom. The Labute approximate surface area is 125 Å². The summed E-state index contributed by atoms with van der Waals surface area (Å²) in [5, 5.41) is 0. The summed E-state index contributed by atoms with van der Waals surface area (Å²) >= 11 is 0. The van der Waals surface area contributed by atoms with E-state index in [1.165, 1.54) is 6.92 Å². The van der Waals surface area contributed by atoms with Crippen LogP contribution in [-0.4, -0.2) is 29.1 Å². The quantitative estimate of drug-likeness (QED) is 0.669. The normalized spacial score (nSPS) is 11.3. The van der Waals surface area contributed by atoms with Gasteiger partial charge in [-0.05, 0) is 31.7 Å². The second-order valence-corrected chi connectivity index (χ2v) is 6.50. The maximum atomic E-state index is 12.1. The highest BCUT2D eigenvalue weighted by Gasteiger charge is 2.22. The van der Waals surface area contributed by atoms with Crippen LogP contribution in [0.4, 0.5) is 0 Å². The lowest BCUT2D eigenvalue weighted by molar-refractivity contribution is -0.144. The number of ketones is 2. The van der Waals surface area contributed by atoms with Crippen molar-refractivity contribution < 1.29 is 19.1 Å². The van der Waals surface area contributed by atoms with E-state index in [0.29, 0.717) is 22.5 Å². The number of aryl methyl sites for hydroxylation is 1. The van der Waals surface area contributed by atoms with Crippen molar-refractivity contribution in [1.29, 1.82) is 0 Å². The summed E-state index contributed by atoms with van der Waals surface area (Å²) in [5.74, 6) is -0.820. The van der Waals surface area contributed by atoms with E-state index >= 15 is 0 Å². The largest absolute Gasteiger partial charge is 0.457 e. The monoisotopic (exact) mass is 293 g/mol. The Kier molecular flexibility index (Phi) is 5.10. The first kappa shape index (κ1) is 17.1. The van der Waals surface area contributed by atoms with E-state index in [1.807, 2.05) is 20.8 Å². The summed E-state index contributed by atoms with van der Waals surface area (Å²) in [7, 11) is 0. The average Bonchev–Trinajstić information content (AvgIpc) is 2.59. The number of hydrogen-bond donors (Lipinski definition) is 1. The zero-order chi connectivity index (χ0) is 16.4. The fourth-order valence-electron chi connectivity index (χ4n) is 2.26. The van der Waals surface area contributed by atoms with E-state index in [2.05, 4.69) is 4.98 Å². The fraction of sp³-hybridized carbons (Fsp3) is 0.562. The molecular formula is C16H23NO4. The van der Waals surface area contributed by atoms with E-state index in [0.717, 1.165) is 0 Å². The van der Waals surface area contributed by atoms with Crippen LogP contribution in [0.15, 0.2) is 0 Å². The minimum atomic E-state index is -0.399. The highest BCUT2D eigenvalue weighted by molar-refractivity contribution is 6.04. The molecule has 0 aliphatic carbocycles. The minimum absolute atomic E-state index is 0.0926. The number of Topliss-reactive ketones (excluding diaryl/α,β-unsaturated/α-hetero) is 2. The van der Waals surface area contributed by atoms with Crippen LogP contribution in [0.2, 0.25) is 0 Å². The second-order valence-electron chi connectivity index (χ2n) is 6.50. The fourth-order valence-corrected chi connectivity index (χ4v) is 2.26. The molecular weight excluding hydrogens is 270 g/mol. The Balaban J connectivity index is 2.76. The van der Waals surface area contributed by atoms with Gasteiger partial charge in [-0.15, -0.1) is 0 Å². The summed E-state index contributed by atoms with van der Waals surface area (Å²) in [6, 6.07) is 0. The predicted molar refractivity (Wildman–Crippen MR) is 79.6 cm³/mol. The van der Waals surface area contributed by atoms with Crippen LogP contribution < -0.4 is 0 Å². The van der Waals surface area contributed by atoms with Gasteiger partial charge >= 0.3 is 5.97 Å². The molecule has 1 aromatic heterocycles. The van der Waals surface area contributed by atoms with Crippen LogP contribution in [0.3, 0.4) is 0 Å². The van der Waals surface area contributed by atoms with E-state index in [9.17, 15) is 14.4 Å². The number of ether oxygens (including phenoxy) is 1. The van der Waals surface area contributed by atoms with Crippen LogP contribution >= 0.6 is 0 Å². The van der Waals surface area contributed by atoms with Crippen LogP contribution in [-0.2, 0) is 9.53 Å². The van der Waals surface area contributed by atoms with Crippen molar-refractivity contribution in [2.45, 2.75) is 48.0 Å². The molecule has 0 fully saturated rings. The number of nitrogens with one attached hydrogen (secondary N) is 1. The number of aromatic amines is 1. The summed E-state index contributed by atoms with van der Waals surface area (Å²) < 4.78 is 5.01. The summed E-state index contributed by atoms with van der Waals surface area (Å²) in [4.78, 5) is 38.2. The third kappa shape index (κ3) is 4.55. The number of hydrogen-bond acceptors (Lipinski definition) is 4. The lowest BCUT2D eigenvalue weighted by atomic mass is 9.92. The number of rotatable bonds is 5. The maximum absolute atomic E-state index is 12.1. The molecule has 5 nitrogen and oxygen atoms in total. The minimum Gasteiger partial charge on any atom is -0.457 e. The Morgan fingerprint density at radius 1 is 1.14 bits per heavy atom. The second kappa shape index (κ2) is 6.24. The van der Waals surface area contributed by atoms with Gasteiger partial charge < -0.3 is 9.72 Å². The Morgan fingerprint density at radius 2 is 1.71 bits per heavy atom. The maximum Gasteiger partial charge on any atom is 0.306 e. The topological polar surface area (TPSA) is 76.2 Å². The molecule has 0 aliphatic heterocycles. The molecule has 0 bridgehead atoms. The SMILES string of the molecule is CC(=O)c1c(C)[nH]c(C(=O)COC(=O)CC(C)(C)C)c1C. The van der Waals surface area contributed by atoms with Gasteiger partial charge in [0.25, 0.3) is 0 Å². The molecule has 1 rings (SSSR count). The summed E-state index contributed by atoms with van der Waals surface area (Å²) in [5.41, 5.74) is 1.95. The number of carbonyl (C=O) groups is 3. The molecule has 0 spiro atoms. The molecule has 0 unspecified atom stereocenters. The first-order valence-corrected chi connectivity index (χ1v) is 6.92.